The molecule has 0 heterocycles. The third kappa shape index (κ3) is 2.69. The number of halogens is 3. The minimum Gasteiger partial charge on any atom is -0.330 e. The van der Waals surface area contributed by atoms with Crippen LogP contribution in [0.3, 0.4) is 0 Å². The van der Waals surface area contributed by atoms with Crippen molar-refractivity contribution in [2.24, 2.45) is 11.1 Å². The normalized spacial score (nSPS) is 21.8. The molecule has 0 atom stereocenters. The summed E-state index contributed by atoms with van der Waals surface area (Å²) in [6.45, 7) is 0.406. The van der Waals surface area contributed by atoms with E-state index < -0.39 is 12.6 Å². The number of nitrogens with two attached hydrogens (primary N) is 1. The molecule has 0 saturated heterocycles. The Kier molecular flexibility index (Phi) is 2.14. The van der Waals surface area contributed by atoms with E-state index in [-0.39, 0.29) is 11.8 Å². The molecule has 2 N–H and O–H groups in total. The van der Waals surface area contributed by atoms with Crippen LogP contribution in [0.25, 0.3) is 0 Å². The molecule has 4 heteroatoms. The summed E-state index contributed by atoms with van der Waals surface area (Å²) in [6, 6.07) is 0. The van der Waals surface area contributed by atoms with Crippen molar-refractivity contribution in [3.05, 3.63) is 0 Å². The summed E-state index contributed by atoms with van der Waals surface area (Å²) in [5.41, 5.74) is 5.19. The van der Waals surface area contributed by atoms with Gasteiger partial charge in [0.2, 0.25) is 0 Å². The van der Waals surface area contributed by atoms with Crippen molar-refractivity contribution in [3.63, 3.8) is 0 Å². The number of alkyl halides is 3. The van der Waals surface area contributed by atoms with Crippen molar-refractivity contribution in [1.82, 2.24) is 0 Å². The van der Waals surface area contributed by atoms with Gasteiger partial charge in [-0.1, -0.05) is 0 Å². The molecule has 1 aliphatic carbocycles. The van der Waals surface area contributed by atoms with Gasteiger partial charge >= 0.3 is 6.18 Å². The largest absolute Gasteiger partial charge is 0.389 e. The Balaban J connectivity index is 2.22. The summed E-state index contributed by atoms with van der Waals surface area (Å²) < 4.78 is 35.1. The Bertz CT molecular complexity index is 137. The molecule has 0 aromatic heterocycles. The van der Waals surface area contributed by atoms with E-state index in [9.17, 15) is 13.2 Å². The fourth-order valence-electron chi connectivity index (χ4n) is 1.14. The summed E-state index contributed by atoms with van der Waals surface area (Å²) in [6.07, 6.45) is -2.72. The zero-order valence-electron chi connectivity index (χ0n) is 6.25. The summed E-state index contributed by atoms with van der Waals surface area (Å²) in [5, 5.41) is 0. The second-order valence-electron chi connectivity index (χ2n) is 3.32. The maximum Gasteiger partial charge on any atom is 0.389 e. The van der Waals surface area contributed by atoms with Crippen LogP contribution in [-0.4, -0.2) is 12.7 Å². The van der Waals surface area contributed by atoms with Crippen molar-refractivity contribution < 1.29 is 13.2 Å². The molecule has 1 saturated carbocycles. The Labute approximate surface area is 63.8 Å². The zero-order valence-corrected chi connectivity index (χ0v) is 6.25. The predicted molar refractivity (Wildman–Crippen MR) is 36.0 cm³/mol. The first-order chi connectivity index (χ1) is 4.97. The van der Waals surface area contributed by atoms with Crippen LogP contribution in [0.2, 0.25) is 0 Å². The number of rotatable bonds is 3. The number of hydrogen-bond acceptors (Lipinski definition) is 1. The number of hydrogen-bond donors (Lipinski definition) is 1. The van der Waals surface area contributed by atoms with E-state index in [1.54, 1.807) is 0 Å². The molecule has 1 rings (SSSR count). The highest BCUT2D eigenvalue weighted by atomic mass is 19.4. The monoisotopic (exact) mass is 167 g/mol. The predicted octanol–water partition coefficient (Wildman–Crippen LogP) is 2.07. The first-order valence-electron chi connectivity index (χ1n) is 3.74. The molecule has 0 aromatic carbocycles. The molecule has 1 nitrogen and oxygen atoms in total. The van der Waals surface area contributed by atoms with Crippen LogP contribution in [0.1, 0.15) is 25.7 Å². The molecule has 1 fully saturated rings. The lowest BCUT2D eigenvalue weighted by atomic mass is 10.0. The smallest absolute Gasteiger partial charge is 0.330 e. The van der Waals surface area contributed by atoms with Gasteiger partial charge < -0.3 is 5.73 Å². The zero-order chi connectivity index (χ0) is 8.54. The lowest BCUT2D eigenvalue weighted by molar-refractivity contribution is -0.138. The molecule has 0 aromatic rings. The van der Waals surface area contributed by atoms with Gasteiger partial charge in [-0.25, -0.2) is 0 Å². The second kappa shape index (κ2) is 2.66. The maximum absolute atomic E-state index is 11.7. The molecule has 0 spiro atoms. The van der Waals surface area contributed by atoms with Gasteiger partial charge in [-0.2, -0.15) is 13.2 Å². The van der Waals surface area contributed by atoms with Crippen LogP contribution < -0.4 is 5.73 Å². The van der Waals surface area contributed by atoms with Gasteiger partial charge in [-0.05, 0) is 31.2 Å². The maximum atomic E-state index is 11.7. The van der Waals surface area contributed by atoms with E-state index in [0.29, 0.717) is 6.54 Å². The molecule has 0 radical (unpaired) electrons. The summed E-state index contributed by atoms with van der Waals surface area (Å²) in [5.74, 6) is 0. The van der Waals surface area contributed by atoms with Crippen molar-refractivity contribution in [1.29, 1.82) is 0 Å². The van der Waals surface area contributed by atoms with Crippen molar-refractivity contribution >= 4 is 0 Å². The Morgan fingerprint density at radius 1 is 1.27 bits per heavy atom. The van der Waals surface area contributed by atoms with E-state index in [2.05, 4.69) is 0 Å². The molecule has 66 valence electrons. The average molecular weight is 167 g/mol. The van der Waals surface area contributed by atoms with Gasteiger partial charge in [0.25, 0.3) is 0 Å². The molecule has 0 amide bonds. The summed E-state index contributed by atoms with van der Waals surface area (Å²) >= 11 is 0. The Hall–Kier alpha value is -0.250. The topological polar surface area (TPSA) is 26.0 Å². The van der Waals surface area contributed by atoms with Crippen LogP contribution in [0.15, 0.2) is 0 Å². The third-order valence-electron chi connectivity index (χ3n) is 2.33. The summed E-state index contributed by atoms with van der Waals surface area (Å²) in [7, 11) is 0. The van der Waals surface area contributed by atoms with Crippen LogP contribution in [-0.2, 0) is 0 Å². The quantitative estimate of drug-likeness (QED) is 0.684. The first-order valence-corrected chi connectivity index (χ1v) is 3.74. The average Bonchev–Trinajstić information content (AvgIpc) is 2.63. The van der Waals surface area contributed by atoms with E-state index >= 15 is 0 Å². The highest BCUT2D eigenvalue weighted by Crippen LogP contribution is 2.49. The third-order valence-corrected chi connectivity index (χ3v) is 2.33. The molecular formula is C7H12F3N. The van der Waals surface area contributed by atoms with Crippen molar-refractivity contribution in [2.75, 3.05) is 6.54 Å². The van der Waals surface area contributed by atoms with Gasteiger partial charge in [0.1, 0.15) is 0 Å². The Morgan fingerprint density at radius 2 is 1.82 bits per heavy atom. The van der Waals surface area contributed by atoms with Crippen LogP contribution >= 0.6 is 0 Å². The van der Waals surface area contributed by atoms with E-state index in [4.69, 9.17) is 5.73 Å². The highest BCUT2D eigenvalue weighted by Gasteiger charge is 2.43. The fourth-order valence-corrected chi connectivity index (χ4v) is 1.14. The minimum absolute atomic E-state index is 0.143. The highest BCUT2D eigenvalue weighted by molar-refractivity contribution is 4.93. The summed E-state index contributed by atoms with van der Waals surface area (Å²) in [4.78, 5) is 0. The van der Waals surface area contributed by atoms with Crippen LogP contribution in [0.5, 0.6) is 0 Å². The first kappa shape index (κ1) is 8.84. The van der Waals surface area contributed by atoms with E-state index in [1.807, 2.05) is 0 Å². The van der Waals surface area contributed by atoms with Crippen LogP contribution in [0, 0.1) is 5.41 Å². The lowest BCUT2D eigenvalue weighted by Gasteiger charge is -2.12. The van der Waals surface area contributed by atoms with Gasteiger partial charge in [0.05, 0.1) is 0 Å². The minimum atomic E-state index is -4.01. The molecule has 1 aliphatic rings. The van der Waals surface area contributed by atoms with Gasteiger partial charge in [0.15, 0.2) is 0 Å². The fraction of sp³-hybridized carbons (Fsp3) is 1.00. The van der Waals surface area contributed by atoms with Crippen molar-refractivity contribution in [3.8, 4) is 0 Å². The van der Waals surface area contributed by atoms with E-state index in [0.717, 1.165) is 12.8 Å². The van der Waals surface area contributed by atoms with Gasteiger partial charge in [0, 0.05) is 6.42 Å². The molecule has 0 bridgehead atoms. The van der Waals surface area contributed by atoms with Gasteiger partial charge in [-0.15, -0.1) is 0 Å². The van der Waals surface area contributed by atoms with E-state index in [1.165, 1.54) is 0 Å². The molecule has 11 heavy (non-hydrogen) atoms. The van der Waals surface area contributed by atoms with Crippen LogP contribution in [0.4, 0.5) is 13.2 Å². The second-order valence-corrected chi connectivity index (χ2v) is 3.32. The molecule has 0 aliphatic heterocycles. The standard InChI is InChI=1S/C7H12F3N/c8-7(9,10)4-3-6(5-11)1-2-6/h1-5,11H2. The molecule has 0 unspecified atom stereocenters. The van der Waals surface area contributed by atoms with Crippen molar-refractivity contribution in [2.45, 2.75) is 31.9 Å². The SMILES string of the molecule is NCC1(CCC(F)(F)F)CC1. The molecular weight excluding hydrogens is 155 g/mol. The Morgan fingerprint density at radius 3 is 2.09 bits per heavy atom. The van der Waals surface area contributed by atoms with Gasteiger partial charge in [-0.3, -0.25) is 0 Å². The lowest BCUT2D eigenvalue weighted by Crippen LogP contribution is -2.18.